The zero-order valence-corrected chi connectivity index (χ0v) is 13.8. The molecular formula is C15H29N3O4. The molecule has 2 aliphatic rings. The highest BCUT2D eigenvalue weighted by molar-refractivity contribution is 5.77. The van der Waals surface area contributed by atoms with Gasteiger partial charge >= 0.3 is 0 Å². The first-order valence-corrected chi connectivity index (χ1v) is 7.98. The minimum atomic E-state index is -0.806. The van der Waals surface area contributed by atoms with E-state index in [2.05, 4.69) is 9.80 Å². The Kier molecular flexibility index (Phi) is 6.17. The van der Waals surface area contributed by atoms with Crippen molar-refractivity contribution in [3.05, 3.63) is 0 Å². The fourth-order valence-electron chi connectivity index (χ4n) is 3.21. The van der Waals surface area contributed by atoms with Crippen LogP contribution in [0.3, 0.4) is 0 Å². The molecule has 7 heteroatoms. The molecule has 0 aromatic heterocycles. The number of carbonyl (C=O) groups is 1. The number of likely N-dealkylation sites (N-methyl/N-ethyl adjacent to an activating group) is 2. The lowest BCUT2D eigenvalue weighted by Crippen LogP contribution is -2.58. The molecule has 128 valence electrons. The minimum absolute atomic E-state index is 0.131. The summed E-state index contributed by atoms with van der Waals surface area (Å²) in [5.74, 6) is 0.131. The van der Waals surface area contributed by atoms with E-state index < -0.39 is 12.2 Å². The average molecular weight is 315 g/mol. The molecule has 1 amide bonds. The number of ether oxygens (including phenoxy) is 1. The second-order valence-electron chi connectivity index (χ2n) is 6.62. The first kappa shape index (κ1) is 17.6. The summed E-state index contributed by atoms with van der Waals surface area (Å²) in [5, 5.41) is 19.9. The monoisotopic (exact) mass is 315 g/mol. The fourth-order valence-corrected chi connectivity index (χ4v) is 3.21. The van der Waals surface area contributed by atoms with E-state index in [1.807, 2.05) is 7.05 Å². The Morgan fingerprint density at radius 3 is 2.41 bits per heavy atom. The summed E-state index contributed by atoms with van der Waals surface area (Å²) in [6.45, 7) is 2.88. The second-order valence-corrected chi connectivity index (χ2v) is 6.62. The third-order valence-corrected chi connectivity index (χ3v) is 4.88. The Hall–Kier alpha value is -0.730. The lowest BCUT2D eigenvalue weighted by Gasteiger charge is -2.44. The van der Waals surface area contributed by atoms with Gasteiger partial charge < -0.3 is 19.8 Å². The van der Waals surface area contributed by atoms with Gasteiger partial charge in [-0.15, -0.1) is 0 Å². The van der Waals surface area contributed by atoms with Crippen LogP contribution in [0.1, 0.15) is 12.8 Å². The van der Waals surface area contributed by atoms with E-state index in [1.54, 1.807) is 19.0 Å². The Morgan fingerprint density at radius 2 is 1.82 bits per heavy atom. The number of likely N-dealkylation sites (tertiary alicyclic amines) is 1. The van der Waals surface area contributed by atoms with Crippen molar-refractivity contribution in [1.82, 2.24) is 14.7 Å². The van der Waals surface area contributed by atoms with Gasteiger partial charge in [0.15, 0.2) is 0 Å². The van der Waals surface area contributed by atoms with E-state index in [0.29, 0.717) is 19.2 Å². The molecule has 0 bridgehead atoms. The molecule has 0 aliphatic carbocycles. The molecule has 0 radical (unpaired) electrons. The van der Waals surface area contributed by atoms with Gasteiger partial charge in [-0.3, -0.25) is 14.6 Å². The molecule has 0 spiro atoms. The van der Waals surface area contributed by atoms with Crippen LogP contribution in [0.15, 0.2) is 0 Å². The third kappa shape index (κ3) is 4.17. The Balaban J connectivity index is 1.82. The van der Waals surface area contributed by atoms with Crippen molar-refractivity contribution in [2.24, 2.45) is 0 Å². The molecule has 22 heavy (non-hydrogen) atoms. The van der Waals surface area contributed by atoms with Gasteiger partial charge in [-0.05, 0) is 19.9 Å². The van der Waals surface area contributed by atoms with Gasteiger partial charge in [-0.2, -0.15) is 0 Å². The molecule has 2 N–H and O–H groups in total. The zero-order chi connectivity index (χ0) is 16.3. The first-order valence-electron chi connectivity index (χ1n) is 7.98. The van der Waals surface area contributed by atoms with Gasteiger partial charge in [0.25, 0.3) is 0 Å². The maximum Gasteiger partial charge on any atom is 0.236 e. The highest BCUT2D eigenvalue weighted by Crippen LogP contribution is 2.22. The van der Waals surface area contributed by atoms with Gasteiger partial charge in [0, 0.05) is 33.2 Å². The summed E-state index contributed by atoms with van der Waals surface area (Å²) < 4.78 is 5.36. The molecular weight excluding hydrogens is 286 g/mol. The van der Waals surface area contributed by atoms with E-state index in [-0.39, 0.29) is 18.6 Å². The predicted octanol–water partition coefficient (Wildman–Crippen LogP) is -1.41. The van der Waals surface area contributed by atoms with Gasteiger partial charge in [-0.25, -0.2) is 0 Å². The molecule has 2 rings (SSSR count). The molecule has 7 nitrogen and oxygen atoms in total. The minimum Gasteiger partial charge on any atom is -0.389 e. The largest absolute Gasteiger partial charge is 0.389 e. The van der Waals surface area contributed by atoms with Crippen molar-refractivity contribution in [3.63, 3.8) is 0 Å². The number of rotatable bonds is 4. The molecule has 2 fully saturated rings. The number of piperidine rings is 1. The normalized spacial score (nSPS) is 31.5. The SMILES string of the molecule is CN(C)C(=O)CN1CCC(N(C)[C@@H]2COC[C@@H](O)[C@H]2O)CC1. The highest BCUT2D eigenvalue weighted by atomic mass is 16.5. The summed E-state index contributed by atoms with van der Waals surface area (Å²) in [6.07, 6.45) is 0.346. The van der Waals surface area contributed by atoms with Gasteiger partial charge in [-0.1, -0.05) is 0 Å². The summed E-state index contributed by atoms with van der Waals surface area (Å²) in [7, 11) is 5.54. The van der Waals surface area contributed by atoms with Crippen molar-refractivity contribution in [1.29, 1.82) is 0 Å². The van der Waals surface area contributed by atoms with Crippen LogP contribution in [0.25, 0.3) is 0 Å². The summed E-state index contributed by atoms with van der Waals surface area (Å²) >= 11 is 0. The van der Waals surface area contributed by atoms with E-state index in [1.165, 1.54) is 0 Å². The first-order chi connectivity index (χ1) is 10.4. The number of hydrogen-bond donors (Lipinski definition) is 2. The summed E-state index contributed by atoms with van der Waals surface area (Å²) in [6, 6.07) is 0.183. The van der Waals surface area contributed by atoms with Crippen molar-refractivity contribution in [3.8, 4) is 0 Å². The van der Waals surface area contributed by atoms with Crippen LogP contribution in [0, 0.1) is 0 Å². The smallest absolute Gasteiger partial charge is 0.236 e. The van der Waals surface area contributed by atoms with Crippen LogP contribution >= 0.6 is 0 Å². The Morgan fingerprint density at radius 1 is 1.18 bits per heavy atom. The lowest BCUT2D eigenvalue weighted by atomic mass is 9.97. The van der Waals surface area contributed by atoms with Gasteiger partial charge in [0.05, 0.1) is 31.9 Å². The Labute approximate surface area is 132 Å². The topological polar surface area (TPSA) is 76.5 Å². The fraction of sp³-hybridized carbons (Fsp3) is 0.933. The average Bonchev–Trinajstić information content (AvgIpc) is 2.50. The molecule has 2 saturated heterocycles. The summed E-state index contributed by atoms with van der Waals surface area (Å²) in [5.41, 5.74) is 0. The zero-order valence-electron chi connectivity index (χ0n) is 13.8. The molecule has 0 aromatic carbocycles. The maximum atomic E-state index is 11.7. The van der Waals surface area contributed by atoms with Crippen LogP contribution in [-0.4, -0.2) is 109 Å². The molecule has 3 atom stereocenters. The van der Waals surface area contributed by atoms with Crippen molar-refractivity contribution in [2.75, 3.05) is 54.0 Å². The quantitative estimate of drug-likeness (QED) is 0.664. The van der Waals surface area contributed by atoms with Crippen LogP contribution in [0.5, 0.6) is 0 Å². The van der Waals surface area contributed by atoms with Gasteiger partial charge in [0.1, 0.15) is 6.10 Å². The summed E-state index contributed by atoms with van der Waals surface area (Å²) in [4.78, 5) is 17.7. The molecule has 2 aliphatic heterocycles. The number of nitrogens with zero attached hydrogens (tertiary/aromatic N) is 3. The standard InChI is InChI=1S/C15H29N3O4/c1-16(2)14(20)8-18-6-4-11(5-7-18)17(3)12-9-22-10-13(19)15(12)21/h11-13,15,19,21H,4-10H2,1-3H3/t12-,13-,15+/m1/s1. The number of carbonyl (C=O) groups excluding carboxylic acids is 1. The molecule has 0 saturated carbocycles. The third-order valence-electron chi connectivity index (χ3n) is 4.88. The van der Waals surface area contributed by atoms with E-state index in [0.717, 1.165) is 25.9 Å². The van der Waals surface area contributed by atoms with Crippen molar-refractivity contribution < 1.29 is 19.7 Å². The number of aliphatic hydroxyl groups excluding tert-OH is 2. The number of amides is 1. The van der Waals surface area contributed by atoms with E-state index in [4.69, 9.17) is 4.74 Å². The van der Waals surface area contributed by atoms with E-state index >= 15 is 0 Å². The maximum absolute atomic E-state index is 11.7. The number of hydrogen-bond acceptors (Lipinski definition) is 6. The van der Waals surface area contributed by atoms with Crippen LogP contribution in [0.2, 0.25) is 0 Å². The van der Waals surface area contributed by atoms with Crippen LogP contribution in [-0.2, 0) is 9.53 Å². The highest BCUT2D eigenvalue weighted by Gasteiger charge is 2.37. The lowest BCUT2D eigenvalue weighted by molar-refractivity contribution is -0.138. The van der Waals surface area contributed by atoms with Gasteiger partial charge in [0.2, 0.25) is 5.91 Å². The van der Waals surface area contributed by atoms with Crippen molar-refractivity contribution >= 4 is 5.91 Å². The predicted molar refractivity (Wildman–Crippen MR) is 82.5 cm³/mol. The van der Waals surface area contributed by atoms with E-state index in [9.17, 15) is 15.0 Å². The molecule has 0 aromatic rings. The number of aliphatic hydroxyl groups is 2. The van der Waals surface area contributed by atoms with Crippen molar-refractivity contribution in [2.45, 2.75) is 37.1 Å². The second kappa shape index (κ2) is 7.70. The van der Waals surface area contributed by atoms with Crippen LogP contribution < -0.4 is 0 Å². The van der Waals surface area contributed by atoms with Crippen LogP contribution in [0.4, 0.5) is 0 Å². The molecule has 2 heterocycles. The molecule has 0 unspecified atom stereocenters. The Bertz CT molecular complexity index is 372.